The molecule has 5 heteroatoms. The van der Waals surface area contributed by atoms with Gasteiger partial charge in [-0.1, -0.05) is 30.3 Å². The Morgan fingerprint density at radius 1 is 1.47 bits per heavy atom. The highest BCUT2D eigenvalue weighted by atomic mass is 16.4. The lowest BCUT2D eigenvalue weighted by Crippen LogP contribution is -2.41. The molecular weight excluding hydrogens is 218 g/mol. The molecule has 3 N–H and O–H groups in total. The number of benzene rings is 1. The van der Waals surface area contributed by atoms with Crippen LogP contribution in [0.25, 0.3) is 0 Å². The number of aliphatic imine (C=N–C) groups is 1. The average Bonchev–Trinajstić information content (AvgIpc) is 2.62. The number of nitrogens with two attached hydrogens (primary N) is 1. The second kappa shape index (κ2) is 4.86. The van der Waals surface area contributed by atoms with Crippen molar-refractivity contribution >= 4 is 11.9 Å². The highest BCUT2D eigenvalue weighted by Gasteiger charge is 2.27. The van der Waals surface area contributed by atoms with E-state index < -0.39 is 5.97 Å². The zero-order valence-electron chi connectivity index (χ0n) is 9.41. The molecule has 1 aliphatic heterocycles. The van der Waals surface area contributed by atoms with Gasteiger partial charge in [-0.25, -0.2) is 0 Å². The molecule has 0 saturated carbocycles. The number of carbonyl (C=O) groups is 1. The van der Waals surface area contributed by atoms with Crippen LogP contribution in [0.15, 0.2) is 35.3 Å². The first-order valence-electron chi connectivity index (χ1n) is 5.49. The SMILES string of the molecule is NC1=NCC(CC(=O)O)N1Cc1ccccc1. The van der Waals surface area contributed by atoms with Crippen molar-refractivity contribution in [3.63, 3.8) is 0 Å². The molecule has 0 aromatic heterocycles. The molecule has 1 atom stereocenters. The molecule has 1 aliphatic rings. The van der Waals surface area contributed by atoms with Crippen molar-refractivity contribution in [2.24, 2.45) is 10.7 Å². The van der Waals surface area contributed by atoms with E-state index in [1.54, 1.807) is 0 Å². The van der Waals surface area contributed by atoms with Crippen LogP contribution in [-0.2, 0) is 11.3 Å². The van der Waals surface area contributed by atoms with Gasteiger partial charge >= 0.3 is 5.97 Å². The van der Waals surface area contributed by atoms with Crippen molar-refractivity contribution in [3.8, 4) is 0 Å². The fourth-order valence-electron chi connectivity index (χ4n) is 1.94. The van der Waals surface area contributed by atoms with Crippen LogP contribution in [0.5, 0.6) is 0 Å². The second-order valence-corrected chi connectivity index (χ2v) is 4.06. The Labute approximate surface area is 99.6 Å². The number of nitrogens with zero attached hydrogens (tertiary/aromatic N) is 2. The van der Waals surface area contributed by atoms with E-state index in [1.165, 1.54) is 0 Å². The third kappa shape index (κ3) is 2.75. The molecule has 1 heterocycles. The molecular formula is C12H15N3O2. The van der Waals surface area contributed by atoms with Crippen LogP contribution >= 0.6 is 0 Å². The molecule has 0 radical (unpaired) electrons. The maximum atomic E-state index is 10.7. The first kappa shape index (κ1) is 11.4. The maximum absolute atomic E-state index is 10.7. The van der Waals surface area contributed by atoms with Gasteiger partial charge < -0.3 is 15.7 Å². The minimum Gasteiger partial charge on any atom is -0.481 e. The minimum absolute atomic E-state index is 0.0665. The highest BCUT2D eigenvalue weighted by Crippen LogP contribution is 2.15. The molecule has 1 unspecified atom stereocenters. The summed E-state index contributed by atoms with van der Waals surface area (Å²) in [6, 6.07) is 9.69. The minimum atomic E-state index is -0.821. The Hall–Kier alpha value is -2.04. The zero-order valence-corrected chi connectivity index (χ0v) is 9.41. The van der Waals surface area contributed by atoms with Gasteiger partial charge in [0.15, 0.2) is 5.96 Å². The Morgan fingerprint density at radius 3 is 2.82 bits per heavy atom. The average molecular weight is 233 g/mol. The third-order valence-corrected chi connectivity index (χ3v) is 2.81. The number of carboxylic acids is 1. The maximum Gasteiger partial charge on any atom is 0.305 e. The van der Waals surface area contributed by atoms with Crippen LogP contribution in [0.1, 0.15) is 12.0 Å². The predicted molar refractivity (Wildman–Crippen MR) is 64.5 cm³/mol. The van der Waals surface area contributed by atoms with Gasteiger partial charge in [-0.15, -0.1) is 0 Å². The lowest BCUT2D eigenvalue weighted by atomic mass is 10.1. The number of hydrogen-bond acceptors (Lipinski definition) is 4. The largest absolute Gasteiger partial charge is 0.481 e. The Balaban J connectivity index is 2.06. The number of rotatable bonds is 4. The van der Waals surface area contributed by atoms with Gasteiger partial charge in [-0.2, -0.15) is 0 Å². The normalized spacial score (nSPS) is 19.2. The molecule has 0 amide bonds. The van der Waals surface area contributed by atoms with Gasteiger partial charge in [0.1, 0.15) is 0 Å². The topological polar surface area (TPSA) is 78.9 Å². The fraction of sp³-hybridized carbons (Fsp3) is 0.333. The summed E-state index contributed by atoms with van der Waals surface area (Å²) in [5.41, 5.74) is 6.88. The van der Waals surface area contributed by atoms with Crippen LogP contribution in [0.2, 0.25) is 0 Å². The molecule has 0 bridgehead atoms. The fourth-order valence-corrected chi connectivity index (χ4v) is 1.94. The van der Waals surface area contributed by atoms with Gasteiger partial charge in [0.25, 0.3) is 0 Å². The molecule has 5 nitrogen and oxygen atoms in total. The zero-order chi connectivity index (χ0) is 12.3. The predicted octanol–water partition coefficient (Wildman–Crippen LogP) is 0.660. The van der Waals surface area contributed by atoms with Crippen molar-refractivity contribution in [3.05, 3.63) is 35.9 Å². The number of aliphatic carboxylic acids is 1. The van der Waals surface area contributed by atoms with E-state index in [2.05, 4.69) is 4.99 Å². The van der Waals surface area contributed by atoms with Crippen molar-refractivity contribution in [1.29, 1.82) is 0 Å². The third-order valence-electron chi connectivity index (χ3n) is 2.81. The van der Waals surface area contributed by atoms with Crippen LogP contribution in [0.3, 0.4) is 0 Å². The van der Waals surface area contributed by atoms with Gasteiger partial charge in [0.2, 0.25) is 0 Å². The highest BCUT2D eigenvalue weighted by molar-refractivity contribution is 5.81. The molecule has 0 aliphatic carbocycles. The summed E-state index contributed by atoms with van der Waals surface area (Å²) < 4.78 is 0. The molecule has 1 aromatic rings. The van der Waals surface area contributed by atoms with Crippen molar-refractivity contribution in [2.75, 3.05) is 6.54 Å². The van der Waals surface area contributed by atoms with Crippen LogP contribution in [-0.4, -0.2) is 34.5 Å². The Morgan fingerprint density at radius 2 is 2.18 bits per heavy atom. The van der Waals surface area contributed by atoms with Crippen molar-refractivity contribution < 1.29 is 9.90 Å². The van der Waals surface area contributed by atoms with Gasteiger partial charge in [-0.05, 0) is 5.56 Å². The summed E-state index contributed by atoms with van der Waals surface area (Å²) in [4.78, 5) is 16.7. The smallest absolute Gasteiger partial charge is 0.305 e. The van der Waals surface area contributed by atoms with Gasteiger partial charge in [0.05, 0.1) is 19.0 Å². The quantitative estimate of drug-likeness (QED) is 0.800. The van der Waals surface area contributed by atoms with Crippen molar-refractivity contribution in [2.45, 2.75) is 19.0 Å². The summed E-state index contributed by atoms with van der Waals surface area (Å²) in [6.45, 7) is 1.07. The lowest BCUT2D eigenvalue weighted by molar-refractivity contribution is -0.137. The molecule has 17 heavy (non-hydrogen) atoms. The molecule has 90 valence electrons. The molecule has 0 spiro atoms. The van der Waals surface area contributed by atoms with Crippen molar-refractivity contribution in [1.82, 2.24) is 4.90 Å². The summed E-state index contributed by atoms with van der Waals surface area (Å²) >= 11 is 0. The van der Waals surface area contributed by atoms with Crippen LogP contribution in [0, 0.1) is 0 Å². The second-order valence-electron chi connectivity index (χ2n) is 4.06. The molecule has 1 aromatic carbocycles. The summed E-state index contributed by atoms with van der Waals surface area (Å²) in [6.07, 6.45) is 0.0665. The summed E-state index contributed by atoms with van der Waals surface area (Å²) in [5.74, 6) is -0.391. The van der Waals surface area contributed by atoms with E-state index in [-0.39, 0.29) is 12.5 Å². The van der Waals surface area contributed by atoms with Crippen LogP contribution < -0.4 is 5.73 Å². The standard InChI is InChI=1S/C12H15N3O2/c13-12-14-7-10(6-11(16)17)15(12)8-9-4-2-1-3-5-9/h1-5,10H,6-8H2,(H2,13,14)(H,16,17). The Bertz CT molecular complexity index is 431. The van der Waals surface area contributed by atoms with Crippen LogP contribution in [0.4, 0.5) is 0 Å². The van der Waals surface area contributed by atoms with E-state index in [0.29, 0.717) is 19.0 Å². The lowest BCUT2D eigenvalue weighted by Gasteiger charge is -2.25. The monoisotopic (exact) mass is 233 g/mol. The number of hydrogen-bond donors (Lipinski definition) is 2. The summed E-state index contributed by atoms with van der Waals surface area (Å²) in [7, 11) is 0. The van der Waals surface area contributed by atoms with Gasteiger partial charge in [-0.3, -0.25) is 9.79 Å². The van der Waals surface area contributed by atoms with E-state index in [0.717, 1.165) is 5.56 Å². The van der Waals surface area contributed by atoms with E-state index >= 15 is 0 Å². The Kier molecular flexibility index (Phi) is 3.27. The van der Waals surface area contributed by atoms with E-state index in [9.17, 15) is 4.79 Å². The number of guanidine groups is 1. The number of carboxylic acid groups (broad SMARTS) is 1. The molecule has 0 fully saturated rings. The molecule has 2 rings (SSSR count). The van der Waals surface area contributed by atoms with Gasteiger partial charge in [0, 0.05) is 6.54 Å². The first-order valence-corrected chi connectivity index (χ1v) is 5.49. The first-order chi connectivity index (χ1) is 8.16. The molecule has 0 saturated heterocycles. The van der Waals surface area contributed by atoms with E-state index in [1.807, 2.05) is 35.2 Å². The van der Waals surface area contributed by atoms with E-state index in [4.69, 9.17) is 10.8 Å². The summed E-state index contributed by atoms with van der Waals surface area (Å²) in [5, 5.41) is 8.83.